The van der Waals surface area contributed by atoms with Crippen molar-refractivity contribution in [3.63, 3.8) is 0 Å². The van der Waals surface area contributed by atoms with Crippen molar-refractivity contribution in [2.45, 2.75) is 32.7 Å². The monoisotopic (exact) mass is 313 g/mol. The van der Waals surface area contributed by atoms with Crippen LogP contribution in [0, 0.1) is 5.82 Å². The van der Waals surface area contributed by atoms with E-state index in [4.69, 9.17) is 11.6 Å². The molecule has 2 rings (SSSR count). The van der Waals surface area contributed by atoms with Crippen LogP contribution in [-0.4, -0.2) is 16.7 Å². The zero-order valence-corrected chi connectivity index (χ0v) is 13.1. The van der Waals surface area contributed by atoms with Crippen molar-refractivity contribution < 1.29 is 4.39 Å². The molecule has 0 bridgehead atoms. The third-order valence-corrected chi connectivity index (χ3v) is 4.42. The minimum Gasteiger partial charge on any atom is -0.308 e. The van der Waals surface area contributed by atoms with Gasteiger partial charge in [-0.3, -0.25) is 0 Å². The molecule has 0 amide bonds. The fraction of sp³-hybridized carbons (Fsp3) is 0.429. The third kappa shape index (κ3) is 3.53. The molecule has 1 N–H and O–H groups in total. The summed E-state index contributed by atoms with van der Waals surface area (Å²) in [7, 11) is 0. The van der Waals surface area contributed by atoms with Gasteiger partial charge in [0.15, 0.2) is 0 Å². The summed E-state index contributed by atoms with van der Waals surface area (Å²) >= 11 is 7.54. The number of benzene rings is 1. The molecule has 1 aromatic heterocycles. The van der Waals surface area contributed by atoms with Gasteiger partial charge in [-0.05, 0) is 25.1 Å². The van der Waals surface area contributed by atoms with Crippen LogP contribution in [0.2, 0.25) is 5.02 Å². The molecule has 0 radical (unpaired) electrons. The van der Waals surface area contributed by atoms with E-state index in [9.17, 15) is 4.39 Å². The van der Waals surface area contributed by atoms with Gasteiger partial charge in [0.05, 0.1) is 6.04 Å². The van der Waals surface area contributed by atoms with Crippen LogP contribution in [0.15, 0.2) is 18.2 Å². The lowest BCUT2D eigenvalue weighted by atomic mass is 10.1. The summed E-state index contributed by atoms with van der Waals surface area (Å²) in [6.45, 7) is 5.04. The summed E-state index contributed by atoms with van der Waals surface area (Å²) in [6, 6.07) is 4.92. The van der Waals surface area contributed by atoms with E-state index in [1.807, 2.05) is 0 Å². The van der Waals surface area contributed by atoms with E-state index in [0.29, 0.717) is 17.0 Å². The number of nitrogens with zero attached hydrogens (tertiary/aromatic N) is 2. The van der Waals surface area contributed by atoms with Gasteiger partial charge in [0, 0.05) is 17.0 Å². The number of nitrogens with one attached hydrogen (secondary N) is 1. The molecule has 0 saturated heterocycles. The average molecular weight is 314 g/mol. The van der Waals surface area contributed by atoms with E-state index in [0.717, 1.165) is 23.0 Å². The van der Waals surface area contributed by atoms with Gasteiger partial charge in [-0.1, -0.05) is 42.9 Å². The highest BCUT2D eigenvalue weighted by Gasteiger charge is 2.16. The van der Waals surface area contributed by atoms with E-state index < -0.39 is 0 Å². The van der Waals surface area contributed by atoms with Crippen molar-refractivity contribution in [3.05, 3.63) is 44.6 Å². The first-order chi connectivity index (χ1) is 9.65. The molecule has 0 spiro atoms. The van der Waals surface area contributed by atoms with Crippen LogP contribution in [0.5, 0.6) is 0 Å². The normalized spacial score (nSPS) is 12.6. The summed E-state index contributed by atoms with van der Waals surface area (Å²) in [5.74, 6) is -0.298. The highest BCUT2D eigenvalue weighted by molar-refractivity contribution is 7.11. The molecule has 0 aliphatic heterocycles. The lowest BCUT2D eigenvalue weighted by Crippen LogP contribution is -2.19. The standard InChI is InChI=1S/C14H17ClFN3S/c1-3-12(17-4-2)14-19-18-13(20-14)8-9-10(15)6-5-7-11(9)16/h5-7,12,17H,3-4,8H2,1-2H3. The Hall–Kier alpha value is -1.04. The van der Waals surface area contributed by atoms with Crippen molar-refractivity contribution in [2.75, 3.05) is 6.54 Å². The Morgan fingerprint density at radius 1 is 1.35 bits per heavy atom. The zero-order valence-electron chi connectivity index (χ0n) is 11.5. The van der Waals surface area contributed by atoms with Crippen molar-refractivity contribution in [2.24, 2.45) is 0 Å². The average Bonchev–Trinajstić information content (AvgIpc) is 2.89. The van der Waals surface area contributed by atoms with Crippen LogP contribution in [-0.2, 0) is 6.42 Å². The lowest BCUT2D eigenvalue weighted by molar-refractivity contribution is 0.530. The van der Waals surface area contributed by atoms with Crippen LogP contribution in [0.3, 0.4) is 0 Å². The Morgan fingerprint density at radius 2 is 2.15 bits per heavy atom. The maximum Gasteiger partial charge on any atom is 0.134 e. The maximum absolute atomic E-state index is 13.7. The number of rotatable bonds is 6. The minimum absolute atomic E-state index is 0.211. The highest BCUT2D eigenvalue weighted by Crippen LogP contribution is 2.26. The number of halogens is 2. The number of aromatic nitrogens is 2. The van der Waals surface area contributed by atoms with E-state index in [-0.39, 0.29) is 11.9 Å². The quantitative estimate of drug-likeness (QED) is 0.876. The molecule has 3 nitrogen and oxygen atoms in total. The van der Waals surface area contributed by atoms with Crippen LogP contribution < -0.4 is 5.32 Å². The molecule has 1 unspecified atom stereocenters. The molecule has 0 aliphatic carbocycles. The summed E-state index contributed by atoms with van der Waals surface area (Å²) in [4.78, 5) is 0. The molecular weight excluding hydrogens is 297 g/mol. The fourth-order valence-electron chi connectivity index (χ4n) is 1.98. The van der Waals surface area contributed by atoms with Gasteiger partial charge in [0.25, 0.3) is 0 Å². The van der Waals surface area contributed by atoms with Gasteiger partial charge in [-0.25, -0.2) is 4.39 Å². The van der Waals surface area contributed by atoms with E-state index in [1.165, 1.54) is 17.4 Å². The zero-order chi connectivity index (χ0) is 14.5. The predicted octanol–water partition coefficient (Wildman–Crippen LogP) is 3.98. The molecule has 20 heavy (non-hydrogen) atoms. The van der Waals surface area contributed by atoms with Crippen LogP contribution in [0.1, 0.15) is 41.9 Å². The van der Waals surface area contributed by atoms with Gasteiger partial charge >= 0.3 is 0 Å². The Morgan fingerprint density at radius 3 is 2.80 bits per heavy atom. The Bertz CT molecular complexity index is 553. The fourth-order valence-corrected chi connectivity index (χ4v) is 3.23. The summed E-state index contributed by atoms with van der Waals surface area (Å²) < 4.78 is 13.7. The summed E-state index contributed by atoms with van der Waals surface area (Å²) in [5, 5.41) is 13.9. The van der Waals surface area contributed by atoms with Crippen LogP contribution in [0.4, 0.5) is 4.39 Å². The van der Waals surface area contributed by atoms with Crippen LogP contribution >= 0.6 is 22.9 Å². The SMILES string of the molecule is CCNC(CC)c1nnc(Cc2c(F)cccc2Cl)s1. The first kappa shape index (κ1) is 15.4. The Balaban J connectivity index is 2.17. The van der Waals surface area contributed by atoms with E-state index in [2.05, 4.69) is 29.4 Å². The molecule has 0 saturated carbocycles. The maximum atomic E-state index is 13.7. The second-order valence-corrected chi connectivity index (χ2v) is 5.93. The predicted molar refractivity (Wildman–Crippen MR) is 80.8 cm³/mol. The largest absolute Gasteiger partial charge is 0.308 e. The number of hydrogen-bond acceptors (Lipinski definition) is 4. The van der Waals surface area contributed by atoms with Crippen molar-refractivity contribution in [3.8, 4) is 0 Å². The van der Waals surface area contributed by atoms with Crippen LogP contribution in [0.25, 0.3) is 0 Å². The second kappa shape index (κ2) is 7.11. The lowest BCUT2D eigenvalue weighted by Gasteiger charge is -2.11. The molecule has 1 aromatic carbocycles. The van der Waals surface area contributed by atoms with E-state index in [1.54, 1.807) is 12.1 Å². The van der Waals surface area contributed by atoms with Gasteiger partial charge in [0.2, 0.25) is 0 Å². The summed E-state index contributed by atoms with van der Waals surface area (Å²) in [6.07, 6.45) is 1.33. The molecule has 1 atom stereocenters. The Labute approximate surface area is 127 Å². The first-order valence-corrected chi connectivity index (χ1v) is 7.83. The molecule has 0 fully saturated rings. The summed E-state index contributed by atoms with van der Waals surface area (Å²) in [5.41, 5.74) is 0.480. The highest BCUT2D eigenvalue weighted by atomic mass is 35.5. The molecule has 108 valence electrons. The van der Waals surface area contributed by atoms with Crippen molar-refractivity contribution >= 4 is 22.9 Å². The van der Waals surface area contributed by atoms with Crippen molar-refractivity contribution in [1.29, 1.82) is 0 Å². The third-order valence-electron chi connectivity index (χ3n) is 3.03. The minimum atomic E-state index is -0.298. The molecule has 6 heteroatoms. The molecule has 1 heterocycles. The van der Waals surface area contributed by atoms with Gasteiger partial charge in [-0.15, -0.1) is 10.2 Å². The smallest absolute Gasteiger partial charge is 0.134 e. The van der Waals surface area contributed by atoms with Gasteiger partial charge < -0.3 is 5.32 Å². The van der Waals surface area contributed by atoms with Crippen molar-refractivity contribution in [1.82, 2.24) is 15.5 Å². The van der Waals surface area contributed by atoms with E-state index >= 15 is 0 Å². The molecule has 2 aromatic rings. The van der Waals surface area contributed by atoms with Gasteiger partial charge in [-0.2, -0.15) is 0 Å². The first-order valence-electron chi connectivity index (χ1n) is 6.64. The second-order valence-electron chi connectivity index (χ2n) is 4.43. The van der Waals surface area contributed by atoms with Gasteiger partial charge in [0.1, 0.15) is 15.8 Å². The molecule has 0 aliphatic rings. The Kier molecular flexibility index (Phi) is 5.46. The topological polar surface area (TPSA) is 37.8 Å². The molecular formula is C14H17ClFN3S. The number of hydrogen-bond donors (Lipinski definition) is 1.